The second kappa shape index (κ2) is 5.52. The Morgan fingerprint density at radius 3 is 2.77 bits per heavy atom. The number of pyridine rings is 1. The molecule has 112 valence electrons. The standard InChI is InChI=1S/C17H17N3O2/c1-11-6-7-13(9-12(11)2)10-18-16-15(17(21)22)20-8-4-3-5-14(20)19-16/h3-9,18H,10H2,1-2H3,(H,21,22). The molecule has 0 fully saturated rings. The van der Waals surface area contributed by atoms with Crippen molar-refractivity contribution in [2.24, 2.45) is 0 Å². The highest BCUT2D eigenvalue weighted by Gasteiger charge is 2.17. The molecular formula is C17H17N3O2. The van der Waals surface area contributed by atoms with Gasteiger partial charge in [-0.25, -0.2) is 9.78 Å². The number of anilines is 1. The third-order valence-electron chi connectivity index (χ3n) is 3.76. The molecule has 1 aromatic carbocycles. The van der Waals surface area contributed by atoms with E-state index in [4.69, 9.17) is 0 Å². The van der Waals surface area contributed by atoms with Crippen molar-refractivity contribution in [3.63, 3.8) is 0 Å². The number of hydrogen-bond donors (Lipinski definition) is 2. The highest BCUT2D eigenvalue weighted by molar-refractivity contribution is 5.92. The zero-order valence-corrected chi connectivity index (χ0v) is 12.5. The van der Waals surface area contributed by atoms with Crippen LogP contribution >= 0.6 is 0 Å². The van der Waals surface area contributed by atoms with E-state index in [-0.39, 0.29) is 5.69 Å². The van der Waals surface area contributed by atoms with Crippen molar-refractivity contribution < 1.29 is 9.90 Å². The van der Waals surface area contributed by atoms with Crippen LogP contribution < -0.4 is 5.32 Å². The number of aromatic nitrogens is 2. The molecule has 0 radical (unpaired) electrons. The zero-order chi connectivity index (χ0) is 15.7. The summed E-state index contributed by atoms with van der Waals surface area (Å²) in [6.07, 6.45) is 1.70. The van der Waals surface area contributed by atoms with Crippen LogP contribution in [0.25, 0.3) is 5.65 Å². The number of imidazole rings is 1. The lowest BCUT2D eigenvalue weighted by Gasteiger charge is -2.07. The maximum Gasteiger partial charge on any atom is 0.356 e. The predicted molar refractivity (Wildman–Crippen MR) is 85.4 cm³/mol. The normalized spacial score (nSPS) is 10.8. The summed E-state index contributed by atoms with van der Waals surface area (Å²) in [7, 11) is 0. The van der Waals surface area contributed by atoms with Gasteiger partial charge in [0.05, 0.1) is 0 Å². The van der Waals surface area contributed by atoms with Gasteiger partial charge in [-0.05, 0) is 42.7 Å². The second-order valence-corrected chi connectivity index (χ2v) is 5.32. The molecule has 0 aliphatic heterocycles. The number of carboxylic acid groups (broad SMARTS) is 1. The summed E-state index contributed by atoms with van der Waals surface area (Å²) in [5.74, 6) is -0.613. The topological polar surface area (TPSA) is 66.6 Å². The molecule has 0 unspecified atom stereocenters. The average molecular weight is 295 g/mol. The number of nitrogens with zero attached hydrogens (tertiary/aromatic N) is 2. The van der Waals surface area contributed by atoms with Crippen LogP contribution in [0.15, 0.2) is 42.6 Å². The Labute approximate surface area is 128 Å². The van der Waals surface area contributed by atoms with E-state index >= 15 is 0 Å². The minimum atomic E-state index is -0.999. The van der Waals surface area contributed by atoms with Crippen molar-refractivity contribution in [2.75, 3.05) is 5.32 Å². The molecule has 2 heterocycles. The van der Waals surface area contributed by atoms with Gasteiger partial charge in [0.1, 0.15) is 5.65 Å². The molecule has 22 heavy (non-hydrogen) atoms. The summed E-state index contributed by atoms with van der Waals surface area (Å²) >= 11 is 0. The fourth-order valence-electron chi connectivity index (χ4n) is 2.42. The van der Waals surface area contributed by atoms with E-state index in [2.05, 4.69) is 36.3 Å². The van der Waals surface area contributed by atoms with E-state index in [0.717, 1.165) is 5.56 Å². The first kappa shape index (κ1) is 14.1. The van der Waals surface area contributed by atoms with Crippen molar-refractivity contribution >= 4 is 17.4 Å². The lowest BCUT2D eigenvalue weighted by molar-refractivity contribution is 0.0690. The van der Waals surface area contributed by atoms with Crippen LogP contribution in [0.1, 0.15) is 27.2 Å². The highest BCUT2D eigenvalue weighted by atomic mass is 16.4. The summed E-state index contributed by atoms with van der Waals surface area (Å²) < 4.78 is 1.57. The first-order chi connectivity index (χ1) is 10.6. The number of fused-ring (bicyclic) bond motifs is 1. The van der Waals surface area contributed by atoms with E-state index in [1.165, 1.54) is 11.1 Å². The van der Waals surface area contributed by atoms with Crippen molar-refractivity contribution in [1.82, 2.24) is 9.38 Å². The molecule has 0 spiro atoms. The van der Waals surface area contributed by atoms with Gasteiger partial charge in [0.2, 0.25) is 0 Å². The molecule has 0 atom stereocenters. The van der Waals surface area contributed by atoms with Crippen molar-refractivity contribution in [1.29, 1.82) is 0 Å². The Bertz CT molecular complexity index is 852. The van der Waals surface area contributed by atoms with E-state index in [0.29, 0.717) is 18.0 Å². The van der Waals surface area contributed by atoms with Crippen LogP contribution in [0.3, 0.4) is 0 Å². The number of aryl methyl sites for hydroxylation is 2. The second-order valence-electron chi connectivity index (χ2n) is 5.32. The Balaban J connectivity index is 1.91. The van der Waals surface area contributed by atoms with Crippen molar-refractivity contribution in [3.05, 3.63) is 65.0 Å². The maximum atomic E-state index is 11.5. The van der Waals surface area contributed by atoms with Gasteiger partial charge in [-0.1, -0.05) is 24.3 Å². The van der Waals surface area contributed by atoms with Crippen LogP contribution in [-0.2, 0) is 6.54 Å². The summed E-state index contributed by atoms with van der Waals surface area (Å²) in [5.41, 5.74) is 4.31. The van der Waals surface area contributed by atoms with Crippen LogP contribution in [-0.4, -0.2) is 20.5 Å². The summed E-state index contributed by atoms with van der Waals surface area (Å²) in [6.45, 7) is 4.66. The van der Waals surface area contributed by atoms with E-state index in [1.807, 2.05) is 12.1 Å². The van der Waals surface area contributed by atoms with E-state index in [1.54, 1.807) is 22.7 Å². The van der Waals surface area contributed by atoms with Crippen molar-refractivity contribution in [2.45, 2.75) is 20.4 Å². The highest BCUT2D eigenvalue weighted by Crippen LogP contribution is 2.19. The number of benzene rings is 1. The van der Waals surface area contributed by atoms with Gasteiger partial charge in [-0.15, -0.1) is 0 Å². The minimum Gasteiger partial charge on any atom is -0.476 e. The van der Waals surface area contributed by atoms with Crippen LogP contribution in [0, 0.1) is 13.8 Å². The molecule has 0 saturated heterocycles. The van der Waals surface area contributed by atoms with Gasteiger partial charge in [0.25, 0.3) is 0 Å². The molecule has 2 N–H and O–H groups in total. The molecular weight excluding hydrogens is 278 g/mol. The fraction of sp³-hybridized carbons (Fsp3) is 0.176. The Kier molecular flexibility index (Phi) is 3.55. The summed E-state index contributed by atoms with van der Waals surface area (Å²) in [4.78, 5) is 15.9. The summed E-state index contributed by atoms with van der Waals surface area (Å²) in [6, 6.07) is 11.6. The zero-order valence-electron chi connectivity index (χ0n) is 12.5. The predicted octanol–water partition coefficient (Wildman–Crippen LogP) is 3.26. The van der Waals surface area contributed by atoms with E-state index in [9.17, 15) is 9.90 Å². The summed E-state index contributed by atoms with van der Waals surface area (Å²) in [5, 5.41) is 12.6. The smallest absolute Gasteiger partial charge is 0.356 e. The molecule has 5 nitrogen and oxygen atoms in total. The Hall–Kier alpha value is -2.82. The molecule has 0 aliphatic carbocycles. The minimum absolute atomic E-state index is 0.152. The molecule has 0 amide bonds. The van der Waals surface area contributed by atoms with E-state index < -0.39 is 5.97 Å². The first-order valence-electron chi connectivity index (χ1n) is 7.06. The monoisotopic (exact) mass is 295 g/mol. The van der Waals surface area contributed by atoms with Gasteiger partial charge in [0, 0.05) is 12.7 Å². The molecule has 3 rings (SSSR count). The number of rotatable bonds is 4. The van der Waals surface area contributed by atoms with Crippen LogP contribution in [0.4, 0.5) is 5.82 Å². The fourth-order valence-corrected chi connectivity index (χ4v) is 2.42. The molecule has 0 bridgehead atoms. The Morgan fingerprint density at radius 1 is 1.23 bits per heavy atom. The molecule has 0 saturated carbocycles. The number of hydrogen-bond acceptors (Lipinski definition) is 3. The SMILES string of the molecule is Cc1ccc(CNc2nc3ccccn3c2C(=O)O)cc1C. The average Bonchev–Trinajstić information content (AvgIpc) is 2.87. The van der Waals surface area contributed by atoms with Gasteiger partial charge in [-0.2, -0.15) is 0 Å². The Morgan fingerprint density at radius 2 is 2.05 bits per heavy atom. The molecule has 3 aromatic rings. The quantitative estimate of drug-likeness (QED) is 0.775. The number of carboxylic acids is 1. The van der Waals surface area contributed by atoms with Crippen LogP contribution in [0.5, 0.6) is 0 Å². The maximum absolute atomic E-state index is 11.5. The largest absolute Gasteiger partial charge is 0.476 e. The van der Waals surface area contributed by atoms with Crippen LogP contribution in [0.2, 0.25) is 0 Å². The number of carbonyl (C=O) groups is 1. The third-order valence-corrected chi connectivity index (χ3v) is 3.76. The van der Waals surface area contributed by atoms with Gasteiger partial charge >= 0.3 is 5.97 Å². The van der Waals surface area contributed by atoms with Crippen molar-refractivity contribution in [3.8, 4) is 0 Å². The van der Waals surface area contributed by atoms with Gasteiger partial charge < -0.3 is 10.4 Å². The number of aromatic carboxylic acids is 1. The van der Waals surface area contributed by atoms with Gasteiger partial charge in [0.15, 0.2) is 11.5 Å². The third kappa shape index (κ3) is 2.53. The molecule has 2 aromatic heterocycles. The molecule has 5 heteroatoms. The van der Waals surface area contributed by atoms with Gasteiger partial charge in [-0.3, -0.25) is 4.40 Å². The lowest BCUT2D eigenvalue weighted by atomic mass is 10.1. The molecule has 0 aliphatic rings. The first-order valence-corrected chi connectivity index (χ1v) is 7.06. The number of nitrogens with one attached hydrogen (secondary N) is 1. The lowest BCUT2D eigenvalue weighted by Crippen LogP contribution is -2.08.